The third-order valence-corrected chi connectivity index (χ3v) is 5.60. The van der Waals surface area contributed by atoms with Crippen LogP contribution in [-0.2, 0) is 5.60 Å². The molecule has 2 aromatic carbocycles. The molecule has 0 bridgehead atoms. The number of nitrogens with one attached hydrogen (secondary N) is 1. The van der Waals surface area contributed by atoms with Gasteiger partial charge >= 0.3 is 0 Å². The lowest BCUT2D eigenvalue weighted by Gasteiger charge is -2.38. The quantitative estimate of drug-likeness (QED) is 0.901. The molecule has 3 rings (SSSR count). The lowest BCUT2D eigenvalue weighted by Crippen LogP contribution is -2.47. The summed E-state index contributed by atoms with van der Waals surface area (Å²) in [5.74, 6) is 0. The predicted molar refractivity (Wildman–Crippen MR) is 95.9 cm³/mol. The summed E-state index contributed by atoms with van der Waals surface area (Å²) in [5.41, 5.74) is 5.90. The van der Waals surface area contributed by atoms with Gasteiger partial charge in [0.1, 0.15) is 5.60 Å². The van der Waals surface area contributed by atoms with E-state index in [0.29, 0.717) is 0 Å². The highest BCUT2D eigenvalue weighted by Gasteiger charge is 2.43. The number of aliphatic hydroxyl groups is 1. The first-order valence-corrected chi connectivity index (χ1v) is 8.55. The predicted octanol–water partition coefficient (Wildman–Crippen LogP) is 3.91. The van der Waals surface area contributed by atoms with Gasteiger partial charge < -0.3 is 10.4 Å². The summed E-state index contributed by atoms with van der Waals surface area (Å²) < 4.78 is 0. The van der Waals surface area contributed by atoms with Gasteiger partial charge in [0.2, 0.25) is 0 Å². The fourth-order valence-electron chi connectivity index (χ4n) is 3.89. The Balaban J connectivity index is 2.26. The maximum absolute atomic E-state index is 12.0. The lowest BCUT2D eigenvalue weighted by atomic mass is 9.75. The van der Waals surface area contributed by atoms with Gasteiger partial charge in [-0.25, -0.2) is 0 Å². The molecule has 1 heterocycles. The van der Waals surface area contributed by atoms with Crippen LogP contribution in [0, 0.1) is 27.7 Å². The summed E-state index contributed by atoms with van der Waals surface area (Å²) in [4.78, 5) is 0. The first-order chi connectivity index (χ1) is 11.0. The minimum atomic E-state index is -0.983. The second-order valence-electron chi connectivity index (χ2n) is 6.91. The molecule has 1 saturated heterocycles. The molecule has 0 saturated carbocycles. The molecule has 2 N–H and O–H groups in total. The Bertz CT molecular complexity index is 662. The summed E-state index contributed by atoms with van der Waals surface area (Å²) in [6.07, 6.45) is 2.11. The molecular weight excluding hydrogens is 282 g/mol. The monoisotopic (exact) mass is 309 g/mol. The highest BCUT2D eigenvalue weighted by molar-refractivity contribution is 5.49. The van der Waals surface area contributed by atoms with Crippen LogP contribution < -0.4 is 5.32 Å². The molecule has 0 amide bonds. The smallest absolute Gasteiger partial charge is 0.130 e. The summed E-state index contributed by atoms with van der Waals surface area (Å²) >= 11 is 0. The third-order valence-electron chi connectivity index (χ3n) is 5.60. The molecule has 122 valence electrons. The van der Waals surface area contributed by atoms with Crippen molar-refractivity contribution in [2.45, 2.75) is 52.2 Å². The third kappa shape index (κ3) is 2.60. The van der Waals surface area contributed by atoms with E-state index < -0.39 is 5.60 Å². The van der Waals surface area contributed by atoms with E-state index in [1.165, 1.54) is 22.3 Å². The molecule has 1 aliphatic heterocycles. The average molecular weight is 309 g/mol. The fraction of sp³-hybridized carbons (Fsp3) is 0.429. The molecule has 2 nitrogen and oxygen atoms in total. The van der Waals surface area contributed by atoms with Crippen molar-refractivity contribution in [1.29, 1.82) is 0 Å². The van der Waals surface area contributed by atoms with Crippen LogP contribution >= 0.6 is 0 Å². The van der Waals surface area contributed by atoms with Crippen LogP contribution in [0.4, 0.5) is 0 Å². The summed E-state index contributed by atoms with van der Waals surface area (Å²) in [5, 5.41) is 15.5. The minimum Gasteiger partial charge on any atom is -0.379 e. The van der Waals surface area contributed by atoms with Crippen molar-refractivity contribution < 1.29 is 5.11 Å². The van der Waals surface area contributed by atoms with Gasteiger partial charge in [0, 0.05) is 6.04 Å². The van der Waals surface area contributed by atoms with E-state index in [4.69, 9.17) is 0 Å². The van der Waals surface area contributed by atoms with Crippen molar-refractivity contribution in [3.05, 3.63) is 69.8 Å². The lowest BCUT2D eigenvalue weighted by molar-refractivity contribution is 0.0429. The largest absolute Gasteiger partial charge is 0.379 e. The van der Waals surface area contributed by atoms with E-state index in [2.05, 4.69) is 69.4 Å². The van der Waals surface area contributed by atoms with Crippen LogP contribution in [0.2, 0.25) is 0 Å². The number of hydrogen-bond donors (Lipinski definition) is 2. The standard InChI is InChI=1S/C21H27NO/c1-14-8-5-10-18(16(14)3)21(23,20-12-7-13-22-20)19-11-6-9-15(2)17(19)4/h5-6,8-11,20,22-23H,7,12-13H2,1-4H3/t20-/m0/s1. The molecule has 0 aromatic heterocycles. The van der Waals surface area contributed by atoms with Crippen molar-refractivity contribution >= 4 is 0 Å². The molecule has 1 atom stereocenters. The Morgan fingerprint density at radius 3 is 1.87 bits per heavy atom. The van der Waals surface area contributed by atoms with E-state index in [9.17, 15) is 5.11 Å². The van der Waals surface area contributed by atoms with Crippen molar-refractivity contribution in [3.63, 3.8) is 0 Å². The highest BCUT2D eigenvalue weighted by Crippen LogP contribution is 2.40. The van der Waals surface area contributed by atoms with Crippen molar-refractivity contribution in [1.82, 2.24) is 5.32 Å². The SMILES string of the molecule is Cc1cccc(C(O)(c2cccc(C)c2C)[C@@H]2CCCN2)c1C. The Hall–Kier alpha value is -1.64. The number of aryl methyl sites for hydroxylation is 2. The van der Waals surface area contributed by atoms with Gasteiger partial charge in [-0.05, 0) is 80.5 Å². The summed E-state index contributed by atoms with van der Waals surface area (Å²) in [6.45, 7) is 9.45. The summed E-state index contributed by atoms with van der Waals surface area (Å²) in [7, 11) is 0. The number of benzene rings is 2. The van der Waals surface area contributed by atoms with Gasteiger partial charge in [-0.1, -0.05) is 36.4 Å². The van der Waals surface area contributed by atoms with E-state index in [-0.39, 0.29) is 6.04 Å². The zero-order valence-electron chi connectivity index (χ0n) is 14.6. The summed E-state index contributed by atoms with van der Waals surface area (Å²) in [6, 6.07) is 12.6. The van der Waals surface area contributed by atoms with E-state index in [0.717, 1.165) is 30.5 Å². The molecule has 0 unspecified atom stereocenters. The molecule has 0 aliphatic carbocycles. The maximum Gasteiger partial charge on any atom is 0.130 e. The molecule has 2 aromatic rings. The molecule has 1 fully saturated rings. The minimum absolute atomic E-state index is 0.0588. The Kier molecular flexibility index (Phi) is 4.31. The molecule has 0 spiro atoms. The molecule has 23 heavy (non-hydrogen) atoms. The zero-order valence-corrected chi connectivity index (χ0v) is 14.6. The Morgan fingerprint density at radius 2 is 1.43 bits per heavy atom. The van der Waals surface area contributed by atoms with E-state index >= 15 is 0 Å². The zero-order chi connectivity index (χ0) is 16.6. The molecule has 0 radical (unpaired) electrons. The van der Waals surface area contributed by atoms with Gasteiger partial charge in [0.25, 0.3) is 0 Å². The van der Waals surface area contributed by atoms with Crippen LogP contribution in [0.1, 0.15) is 46.2 Å². The average Bonchev–Trinajstić information content (AvgIpc) is 3.07. The molecule has 2 heteroatoms. The normalized spacial score (nSPS) is 18.4. The van der Waals surface area contributed by atoms with Gasteiger partial charge in [-0.3, -0.25) is 0 Å². The van der Waals surface area contributed by atoms with Crippen molar-refractivity contribution in [3.8, 4) is 0 Å². The van der Waals surface area contributed by atoms with E-state index in [1.807, 2.05) is 0 Å². The second-order valence-corrected chi connectivity index (χ2v) is 6.91. The second kappa shape index (κ2) is 6.10. The van der Waals surface area contributed by atoms with Gasteiger partial charge in [-0.15, -0.1) is 0 Å². The van der Waals surface area contributed by atoms with Crippen molar-refractivity contribution in [2.24, 2.45) is 0 Å². The first-order valence-electron chi connectivity index (χ1n) is 8.55. The number of hydrogen-bond acceptors (Lipinski definition) is 2. The van der Waals surface area contributed by atoms with Gasteiger partial charge in [0.15, 0.2) is 0 Å². The van der Waals surface area contributed by atoms with Gasteiger partial charge in [-0.2, -0.15) is 0 Å². The van der Waals surface area contributed by atoms with Crippen LogP contribution in [0.3, 0.4) is 0 Å². The topological polar surface area (TPSA) is 32.3 Å². The van der Waals surface area contributed by atoms with Gasteiger partial charge in [0.05, 0.1) is 0 Å². The molecule has 1 aliphatic rings. The Labute approximate surface area is 139 Å². The molecular formula is C21H27NO. The fourth-order valence-corrected chi connectivity index (χ4v) is 3.89. The number of rotatable bonds is 3. The first kappa shape index (κ1) is 16.2. The highest BCUT2D eigenvalue weighted by atomic mass is 16.3. The van der Waals surface area contributed by atoms with E-state index in [1.54, 1.807) is 0 Å². The Morgan fingerprint density at radius 1 is 0.913 bits per heavy atom. The van der Waals surface area contributed by atoms with Crippen LogP contribution in [0.15, 0.2) is 36.4 Å². The van der Waals surface area contributed by atoms with Crippen LogP contribution in [0.5, 0.6) is 0 Å². The van der Waals surface area contributed by atoms with Crippen LogP contribution in [0.25, 0.3) is 0 Å². The maximum atomic E-state index is 12.0. The van der Waals surface area contributed by atoms with Crippen molar-refractivity contribution in [2.75, 3.05) is 6.54 Å². The van der Waals surface area contributed by atoms with Crippen LogP contribution in [-0.4, -0.2) is 17.7 Å².